The van der Waals surface area contributed by atoms with Crippen LogP contribution >= 0.6 is 0 Å². The topological polar surface area (TPSA) is 80.3 Å². The van der Waals surface area contributed by atoms with Gasteiger partial charge in [0.15, 0.2) is 6.61 Å². The van der Waals surface area contributed by atoms with Crippen molar-refractivity contribution in [1.82, 2.24) is 15.8 Å². The molecule has 138 valence electrons. The molecule has 0 unspecified atom stereocenters. The molecule has 2 amide bonds. The van der Waals surface area contributed by atoms with E-state index in [9.17, 15) is 22.8 Å². The molecule has 0 saturated heterocycles. The fraction of sp³-hybridized carbons (Fsp3) is 0.235. The number of aryl methyl sites for hydroxylation is 2. The highest BCUT2D eigenvalue weighted by molar-refractivity contribution is 5.99. The van der Waals surface area contributed by atoms with E-state index in [2.05, 4.69) is 20.6 Å². The summed E-state index contributed by atoms with van der Waals surface area (Å²) in [6, 6.07) is 7.61. The molecule has 0 bridgehead atoms. The Morgan fingerprint density at radius 2 is 1.77 bits per heavy atom. The Labute approximate surface area is 147 Å². The van der Waals surface area contributed by atoms with E-state index in [4.69, 9.17) is 0 Å². The van der Waals surface area contributed by atoms with Crippen molar-refractivity contribution in [2.75, 3.05) is 6.61 Å². The van der Waals surface area contributed by atoms with Gasteiger partial charge in [-0.05, 0) is 31.5 Å². The third-order valence-electron chi connectivity index (χ3n) is 3.30. The summed E-state index contributed by atoms with van der Waals surface area (Å²) in [7, 11) is 0. The van der Waals surface area contributed by atoms with Gasteiger partial charge in [-0.25, -0.2) is 4.98 Å². The van der Waals surface area contributed by atoms with Crippen LogP contribution < -0.4 is 15.6 Å². The third kappa shape index (κ3) is 5.47. The lowest BCUT2D eigenvalue weighted by atomic mass is 10.1. The molecular weight excluding hydrogens is 351 g/mol. The number of pyridine rings is 1. The minimum absolute atomic E-state index is 0.0466. The van der Waals surface area contributed by atoms with Gasteiger partial charge in [-0.1, -0.05) is 17.7 Å². The zero-order valence-electron chi connectivity index (χ0n) is 14.0. The van der Waals surface area contributed by atoms with Crippen LogP contribution in [-0.2, 0) is 0 Å². The number of ether oxygens (including phenoxy) is 1. The first-order valence-electron chi connectivity index (χ1n) is 7.49. The molecule has 0 fully saturated rings. The van der Waals surface area contributed by atoms with Crippen LogP contribution in [0, 0.1) is 13.8 Å². The van der Waals surface area contributed by atoms with Gasteiger partial charge in [0.2, 0.25) is 5.88 Å². The number of carbonyl (C=O) groups excluding carboxylic acids is 2. The van der Waals surface area contributed by atoms with E-state index >= 15 is 0 Å². The van der Waals surface area contributed by atoms with Crippen molar-refractivity contribution >= 4 is 11.8 Å². The molecule has 0 atom stereocenters. The van der Waals surface area contributed by atoms with Gasteiger partial charge >= 0.3 is 6.18 Å². The fourth-order valence-electron chi connectivity index (χ4n) is 2.08. The summed E-state index contributed by atoms with van der Waals surface area (Å²) in [6.07, 6.45) is -3.43. The molecule has 0 aliphatic heterocycles. The number of carbonyl (C=O) groups is 2. The molecule has 2 aromatic rings. The summed E-state index contributed by atoms with van der Waals surface area (Å²) in [4.78, 5) is 27.7. The van der Waals surface area contributed by atoms with Gasteiger partial charge in [-0.15, -0.1) is 0 Å². The molecule has 9 heteroatoms. The molecule has 2 rings (SSSR count). The second-order valence-corrected chi connectivity index (χ2v) is 5.52. The summed E-state index contributed by atoms with van der Waals surface area (Å²) in [6.45, 7) is 2.19. The summed E-state index contributed by atoms with van der Waals surface area (Å²) in [5, 5.41) is 0. The summed E-state index contributed by atoms with van der Waals surface area (Å²) in [5.41, 5.74) is 6.70. The second kappa shape index (κ2) is 7.85. The van der Waals surface area contributed by atoms with Crippen LogP contribution in [0.3, 0.4) is 0 Å². The molecule has 1 aromatic heterocycles. The number of nitrogens with zero attached hydrogens (tertiary/aromatic N) is 1. The first kappa shape index (κ1) is 19.2. The van der Waals surface area contributed by atoms with E-state index in [-0.39, 0.29) is 11.4 Å². The highest BCUT2D eigenvalue weighted by Gasteiger charge is 2.28. The van der Waals surface area contributed by atoms with Crippen molar-refractivity contribution in [3.05, 3.63) is 58.8 Å². The summed E-state index contributed by atoms with van der Waals surface area (Å²) < 4.78 is 40.6. The summed E-state index contributed by atoms with van der Waals surface area (Å²) >= 11 is 0. The van der Waals surface area contributed by atoms with Crippen LogP contribution in [0.15, 0.2) is 36.5 Å². The number of halogens is 3. The van der Waals surface area contributed by atoms with Gasteiger partial charge in [0.05, 0.1) is 5.56 Å². The number of aromatic nitrogens is 1. The highest BCUT2D eigenvalue weighted by atomic mass is 19.4. The molecule has 6 nitrogen and oxygen atoms in total. The van der Waals surface area contributed by atoms with Crippen molar-refractivity contribution in [1.29, 1.82) is 0 Å². The van der Waals surface area contributed by atoms with Gasteiger partial charge in [0.1, 0.15) is 0 Å². The van der Waals surface area contributed by atoms with Gasteiger partial charge in [-0.3, -0.25) is 20.4 Å². The Hall–Kier alpha value is -3.10. The van der Waals surface area contributed by atoms with Crippen LogP contribution in [-0.4, -0.2) is 29.6 Å². The minimum atomic E-state index is -4.48. The Morgan fingerprint density at radius 1 is 1.08 bits per heavy atom. The zero-order chi connectivity index (χ0) is 19.3. The molecular formula is C17H16F3N3O3. The van der Waals surface area contributed by atoms with Gasteiger partial charge in [-0.2, -0.15) is 13.2 Å². The largest absolute Gasteiger partial charge is 0.468 e. The maximum Gasteiger partial charge on any atom is 0.422 e. The van der Waals surface area contributed by atoms with Gasteiger partial charge in [0, 0.05) is 17.8 Å². The van der Waals surface area contributed by atoms with Gasteiger partial charge < -0.3 is 4.74 Å². The average molecular weight is 367 g/mol. The monoisotopic (exact) mass is 367 g/mol. The van der Waals surface area contributed by atoms with E-state index < -0.39 is 24.6 Å². The van der Waals surface area contributed by atoms with Gasteiger partial charge in [0.25, 0.3) is 11.8 Å². The van der Waals surface area contributed by atoms with Crippen molar-refractivity contribution in [2.45, 2.75) is 20.0 Å². The number of hydrogen-bond donors (Lipinski definition) is 2. The van der Waals surface area contributed by atoms with Crippen LogP contribution in [0.1, 0.15) is 31.8 Å². The predicted molar refractivity (Wildman–Crippen MR) is 86.6 cm³/mol. The van der Waals surface area contributed by atoms with Crippen molar-refractivity contribution < 1.29 is 27.5 Å². The van der Waals surface area contributed by atoms with Crippen LogP contribution in [0.5, 0.6) is 5.88 Å². The number of alkyl halides is 3. The first-order chi connectivity index (χ1) is 12.2. The lowest BCUT2D eigenvalue weighted by molar-refractivity contribution is -0.154. The minimum Gasteiger partial charge on any atom is -0.468 e. The molecule has 2 N–H and O–H groups in total. The van der Waals surface area contributed by atoms with E-state index in [0.717, 1.165) is 23.4 Å². The van der Waals surface area contributed by atoms with Crippen LogP contribution in [0.4, 0.5) is 13.2 Å². The Morgan fingerprint density at radius 3 is 2.35 bits per heavy atom. The molecule has 0 spiro atoms. The number of benzene rings is 1. The standard InChI is InChI=1S/C17H16F3N3O3/c1-10-3-5-13(11(2)7-10)16(25)23-22-15(24)12-4-6-14(21-8-12)26-9-17(18,19)20/h3-8H,9H2,1-2H3,(H,22,24)(H,23,25). The number of rotatable bonds is 4. The average Bonchev–Trinajstić information content (AvgIpc) is 2.57. The van der Waals surface area contributed by atoms with E-state index in [1.54, 1.807) is 19.1 Å². The quantitative estimate of drug-likeness (QED) is 0.815. The zero-order valence-corrected chi connectivity index (χ0v) is 14.0. The maximum absolute atomic E-state index is 12.1. The maximum atomic E-state index is 12.1. The lowest BCUT2D eigenvalue weighted by Crippen LogP contribution is -2.41. The fourth-order valence-corrected chi connectivity index (χ4v) is 2.08. The third-order valence-corrected chi connectivity index (χ3v) is 3.30. The van der Waals surface area contributed by atoms with Crippen molar-refractivity contribution in [3.63, 3.8) is 0 Å². The predicted octanol–water partition coefficient (Wildman–Crippen LogP) is 2.71. The molecule has 26 heavy (non-hydrogen) atoms. The van der Waals surface area contributed by atoms with Crippen molar-refractivity contribution in [3.8, 4) is 5.88 Å². The number of nitrogens with one attached hydrogen (secondary N) is 2. The van der Waals surface area contributed by atoms with E-state index in [1.165, 1.54) is 6.07 Å². The molecule has 1 aromatic carbocycles. The molecule has 0 saturated carbocycles. The number of hydrazine groups is 1. The lowest BCUT2D eigenvalue weighted by Gasteiger charge is -2.10. The Bertz CT molecular complexity index is 805. The molecule has 0 aliphatic carbocycles. The smallest absolute Gasteiger partial charge is 0.422 e. The first-order valence-corrected chi connectivity index (χ1v) is 7.49. The molecule has 0 aliphatic rings. The normalized spacial score (nSPS) is 11.0. The molecule has 0 radical (unpaired) electrons. The van der Waals surface area contributed by atoms with E-state index in [0.29, 0.717) is 5.56 Å². The second-order valence-electron chi connectivity index (χ2n) is 5.52. The Kier molecular flexibility index (Phi) is 5.81. The SMILES string of the molecule is Cc1ccc(C(=O)NNC(=O)c2ccc(OCC(F)(F)F)nc2)c(C)c1. The number of amides is 2. The summed E-state index contributed by atoms with van der Waals surface area (Å²) in [5.74, 6) is -1.43. The van der Waals surface area contributed by atoms with Crippen LogP contribution in [0.25, 0.3) is 0 Å². The van der Waals surface area contributed by atoms with Crippen LogP contribution in [0.2, 0.25) is 0 Å². The molecule has 1 heterocycles. The number of hydrogen-bond acceptors (Lipinski definition) is 4. The Balaban J connectivity index is 1.92. The van der Waals surface area contributed by atoms with Crippen molar-refractivity contribution in [2.24, 2.45) is 0 Å². The highest BCUT2D eigenvalue weighted by Crippen LogP contribution is 2.17. The van der Waals surface area contributed by atoms with E-state index in [1.807, 2.05) is 13.0 Å².